The van der Waals surface area contributed by atoms with Crippen molar-refractivity contribution < 1.29 is 13.6 Å². The van der Waals surface area contributed by atoms with E-state index in [1.165, 1.54) is 17.0 Å². The number of fused-ring (bicyclic) bond motifs is 2. The molecule has 0 aliphatic rings. The molecule has 4 aromatic rings. The highest BCUT2D eigenvalue weighted by molar-refractivity contribution is 5.99. The van der Waals surface area contributed by atoms with E-state index in [1.807, 2.05) is 47.6 Å². The number of amides is 1. The average Bonchev–Trinajstić information content (AvgIpc) is 3.37. The van der Waals surface area contributed by atoms with Gasteiger partial charge in [-0.3, -0.25) is 4.79 Å². The lowest BCUT2D eigenvalue weighted by Gasteiger charge is -2.07. The number of carbonyl (C=O) groups excluding carboxylic acids is 1. The second-order valence-corrected chi connectivity index (χ2v) is 8.07. The van der Waals surface area contributed by atoms with Gasteiger partial charge >= 0.3 is 0 Å². The van der Waals surface area contributed by atoms with Gasteiger partial charge in [-0.2, -0.15) is 0 Å². The Labute approximate surface area is 188 Å². The van der Waals surface area contributed by atoms with Crippen LogP contribution in [0.1, 0.15) is 60.9 Å². The van der Waals surface area contributed by atoms with Gasteiger partial charge in [0, 0.05) is 30.6 Å². The number of nitrogens with zero attached hydrogens (tertiary/aromatic N) is 1. The van der Waals surface area contributed by atoms with Crippen LogP contribution in [0.5, 0.6) is 0 Å². The molecular formula is C26H33F2N3O. The lowest BCUT2D eigenvalue weighted by Crippen LogP contribution is -2.21. The fourth-order valence-corrected chi connectivity index (χ4v) is 3.53. The van der Waals surface area contributed by atoms with Gasteiger partial charge < -0.3 is 14.9 Å². The Bertz CT molecular complexity index is 1180. The van der Waals surface area contributed by atoms with Crippen LogP contribution in [0.2, 0.25) is 0 Å². The Kier molecular flexibility index (Phi) is 8.19. The second-order valence-electron chi connectivity index (χ2n) is 8.07. The van der Waals surface area contributed by atoms with E-state index in [0.29, 0.717) is 16.7 Å². The summed E-state index contributed by atoms with van der Waals surface area (Å²) in [7, 11) is 3.35. The number of hydrogen-bond acceptors (Lipinski definition) is 1. The molecule has 0 saturated heterocycles. The number of benzene rings is 2. The number of aryl methyl sites for hydroxylation is 2. The van der Waals surface area contributed by atoms with Gasteiger partial charge in [0.25, 0.3) is 5.91 Å². The normalized spacial score (nSPS) is 10.6. The Hall–Kier alpha value is -3.15. The zero-order valence-electron chi connectivity index (χ0n) is 20.2. The van der Waals surface area contributed by atoms with Crippen molar-refractivity contribution in [3.8, 4) is 0 Å². The summed E-state index contributed by atoms with van der Waals surface area (Å²) >= 11 is 0. The van der Waals surface area contributed by atoms with Gasteiger partial charge in [-0.25, -0.2) is 8.78 Å². The van der Waals surface area contributed by atoms with E-state index in [9.17, 15) is 13.6 Å². The minimum absolute atomic E-state index is 0.152. The molecule has 2 N–H and O–H groups in total. The third-order valence-corrected chi connectivity index (χ3v) is 5.13. The molecule has 32 heavy (non-hydrogen) atoms. The number of halogens is 2. The first kappa shape index (κ1) is 25.1. The van der Waals surface area contributed by atoms with Crippen molar-refractivity contribution in [2.24, 2.45) is 0 Å². The first-order chi connectivity index (χ1) is 15.1. The Morgan fingerprint density at radius 2 is 1.44 bits per heavy atom. The summed E-state index contributed by atoms with van der Waals surface area (Å²) < 4.78 is 26.9. The van der Waals surface area contributed by atoms with E-state index in [1.54, 1.807) is 32.3 Å². The van der Waals surface area contributed by atoms with Gasteiger partial charge in [0.15, 0.2) is 0 Å². The highest BCUT2D eigenvalue weighted by Gasteiger charge is 2.16. The first-order valence-corrected chi connectivity index (χ1v) is 10.9. The molecule has 0 aliphatic carbocycles. The Balaban J connectivity index is 0.000000224. The second kappa shape index (κ2) is 10.4. The number of carbonyl (C=O) groups is 1. The third-order valence-electron chi connectivity index (χ3n) is 5.13. The predicted octanol–water partition coefficient (Wildman–Crippen LogP) is 7.08. The monoisotopic (exact) mass is 441 g/mol. The summed E-state index contributed by atoms with van der Waals surface area (Å²) in [5.74, 6) is -0.373. The van der Waals surface area contributed by atoms with Gasteiger partial charge in [0.1, 0.15) is 17.3 Å². The van der Waals surface area contributed by atoms with Crippen LogP contribution in [0, 0.1) is 25.5 Å². The maximum absolute atomic E-state index is 13.8. The van der Waals surface area contributed by atoms with Gasteiger partial charge in [0.05, 0.1) is 11.0 Å². The minimum atomic E-state index is -0.327. The molecule has 2 aromatic carbocycles. The summed E-state index contributed by atoms with van der Waals surface area (Å²) in [5, 5.41) is 1.77. The molecule has 6 heteroatoms. The number of rotatable bonds is 2. The highest BCUT2D eigenvalue weighted by atomic mass is 19.1. The van der Waals surface area contributed by atoms with E-state index >= 15 is 0 Å². The molecule has 0 saturated carbocycles. The molecule has 4 rings (SSSR count). The fraction of sp³-hybridized carbons (Fsp3) is 0.346. The number of aromatic nitrogens is 2. The van der Waals surface area contributed by atoms with Crippen LogP contribution in [0.25, 0.3) is 21.8 Å². The Morgan fingerprint density at radius 3 is 1.97 bits per heavy atom. The quantitative estimate of drug-likeness (QED) is 0.343. The van der Waals surface area contributed by atoms with Crippen molar-refractivity contribution in [1.82, 2.24) is 14.9 Å². The molecule has 2 heterocycles. The number of hydrogen-bond donors (Lipinski definition) is 2. The molecule has 1 amide bonds. The van der Waals surface area contributed by atoms with Gasteiger partial charge in [-0.1, -0.05) is 39.8 Å². The maximum Gasteiger partial charge on any atom is 0.269 e. The third kappa shape index (κ3) is 5.18. The van der Waals surface area contributed by atoms with Crippen LogP contribution >= 0.6 is 0 Å². The predicted molar refractivity (Wildman–Crippen MR) is 129 cm³/mol. The minimum Gasteiger partial charge on any atom is -0.356 e. The van der Waals surface area contributed by atoms with E-state index in [4.69, 9.17) is 0 Å². The molecule has 0 aliphatic heterocycles. The summed E-state index contributed by atoms with van der Waals surface area (Å²) in [5.41, 5.74) is 4.59. The standard InChI is InChI=1S/C14H17FN2O.C10H10FN.C2H6/c1-8(2)9-5-6-11(15)13-10(9)7-12(16-13)14(18)17(3)4;1-6-3-4-9(11)10-8(6)5-7(2)12-10;1-2/h5-8,16H,1-4H3;3-5,12H,1-2H3;1-2H3. The van der Waals surface area contributed by atoms with Crippen molar-refractivity contribution in [3.05, 3.63) is 70.5 Å². The molecule has 2 aromatic heterocycles. The molecule has 0 unspecified atom stereocenters. The van der Waals surface area contributed by atoms with Crippen LogP contribution in [0.3, 0.4) is 0 Å². The fourth-order valence-electron chi connectivity index (χ4n) is 3.53. The van der Waals surface area contributed by atoms with Crippen molar-refractivity contribution >= 4 is 27.7 Å². The van der Waals surface area contributed by atoms with Crippen molar-refractivity contribution in [1.29, 1.82) is 0 Å². The molecule has 0 atom stereocenters. The largest absolute Gasteiger partial charge is 0.356 e. The first-order valence-electron chi connectivity index (χ1n) is 10.9. The Morgan fingerprint density at radius 1 is 0.875 bits per heavy atom. The maximum atomic E-state index is 13.8. The molecule has 0 spiro atoms. The van der Waals surface area contributed by atoms with Gasteiger partial charge in [0.2, 0.25) is 0 Å². The van der Waals surface area contributed by atoms with Crippen molar-refractivity contribution in [2.75, 3.05) is 14.1 Å². The van der Waals surface area contributed by atoms with E-state index in [2.05, 4.69) is 9.97 Å². The molecule has 0 radical (unpaired) electrons. The van der Waals surface area contributed by atoms with E-state index in [0.717, 1.165) is 27.6 Å². The number of H-pyrrole nitrogens is 2. The van der Waals surface area contributed by atoms with E-state index in [-0.39, 0.29) is 23.5 Å². The van der Waals surface area contributed by atoms with Crippen LogP contribution in [0.4, 0.5) is 8.78 Å². The summed E-state index contributed by atoms with van der Waals surface area (Å²) in [6.45, 7) is 12.0. The molecule has 0 bridgehead atoms. The topological polar surface area (TPSA) is 51.9 Å². The number of nitrogens with one attached hydrogen (secondary N) is 2. The van der Waals surface area contributed by atoms with Crippen molar-refractivity contribution in [2.45, 2.75) is 47.5 Å². The summed E-state index contributed by atoms with van der Waals surface area (Å²) in [6, 6.07) is 10.2. The highest BCUT2D eigenvalue weighted by Crippen LogP contribution is 2.28. The summed E-state index contributed by atoms with van der Waals surface area (Å²) in [6.07, 6.45) is 0. The van der Waals surface area contributed by atoms with Crippen LogP contribution in [-0.4, -0.2) is 34.9 Å². The summed E-state index contributed by atoms with van der Waals surface area (Å²) in [4.78, 5) is 19.2. The van der Waals surface area contributed by atoms with Crippen LogP contribution in [0.15, 0.2) is 36.4 Å². The SMILES string of the molecule is CC.CC(C)c1ccc(F)c2[nH]c(C(=O)N(C)C)cc12.Cc1cc2c(C)ccc(F)c2[nH]1. The van der Waals surface area contributed by atoms with Crippen LogP contribution < -0.4 is 0 Å². The molecule has 4 nitrogen and oxygen atoms in total. The zero-order valence-corrected chi connectivity index (χ0v) is 20.2. The van der Waals surface area contributed by atoms with Crippen LogP contribution in [-0.2, 0) is 0 Å². The van der Waals surface area contributed by atoms with Gasteiger partial charge in [-0.05, 0) is 55.2 Å². The number of aromatic amines is 2. The average molecular weight is 442 g/mol. The lowest BCUT2D eigenvalue weighted by molar-refractivity contribution is 0.0823. The zero-order chi connectivity index (χ0) is 24.2. The molecular weight excluding hydrogens is 408 g/mol. The molecule has 172 valence electrons. The molecule has 0 fully saturated rings. The van der Waals surface area contributed by atoms with Gasteiger partial charge in [-0.15, -0.1) is 0 Å². The van der Waals surface area contributed by atoms with Crippen molar-refractivity contribution in [3.63, 3.8) is 0 Å². The lowest BCUT2D eigenvalue weighted by atomic mass is 9.99. The van der Waals surface area contributed by atoms with E-state index < -0.39 is 0 Å². The smallest absolute Gasteiger partial charge is 0.269 e.